The van der Waals surface area contributed by atoms with Crippen molar-refractivity contribution in [3.8, 4) is 0 Å². The van der Waals surface area contributed by atoms with Crippen molar-refractivity contribution in [2.45, 2.75) is 57.5 Å². The van der Waals surface area contributed by atoms with E-state index in [2.05, 4.69) is 26.2 Å². The van der Waals surface area contributed by atoms with E-state index in [9.17, 15) is 14.4 Å². The summed E-state index contributed by atoms with van der Waals surface area (Å²) >= 11 is 3.07. The number of fused-ring (bicyclic) bond motifs is 1. The molecule has 2 aliphatic carbocycles. The molecule has 0 aliphatic heterocycles. The fraction of sp³-hybridized carbons (Fsp3) is 0.688. The van der Waals surface area contributed by atoms with Gasteiger partial charge in [-0.25, -0.2) is 4.79 Å². The molecule has 2 saturated carbocycles. The number of carbonyl (C=O) groups excluding carboxylic acids is 1. The summed E-state index contributed by atoms with van der Waals surface area (Å²) in [7, 11) is 0. The molecule has 7 heteroatoms. The van der Waals surface area contributed by atoms with Gasteiger partial charge in [0.15, 0.2) is 0 Å². The predicted molar refractivity (Wildman–Crippen MR) is 90.3 cm³/mol. The number of rotatable bonds is 3. The van der Waals surface area contributed by atoms with Crippen LogP contribution in [0.15, 0.2) is 20.3 Å². The zero-order valence-electron chi connectivity index (χ0n) is 13.0. The van der Waals surface area contributed by atoms with Crippen LogP contribution >= 0.6 is 15.9 Å². The Morgan fingerprint density at radius 1 is 1.22 bits per heavy atom. The summed E-state index contributed by atoms with van der Waals surface area (Å²) in [6.07, 6.45) is 9.91. The Bertz CT molecular complexity index is 697. The number of carbonyl (C=O) groups is 1. The number of nitrogens with zero attached hydrogens (tertiary/aromatic N) is 1. The minimum atomic E-state index is -0.565. The molecule has 0 bridgehead atoms. The van der Waals surface area contributed by atoms with Crippen LogP contribution < -0.4 is 16.6 Å². The Kier molecular flexibility index (Phi) is 5.04. The summed E-state index contributed by atoms with van der Waals surface area (Å²) in [6.45, 7) is -0.0706. The molecule has 1 aromatic heterocycles. The van der Waals surface area contributed by atoms with E-state index in [0.717, 1.165) is 24.7 Å². The molecule has 23 heavy (non-hydrogen) atoms. The van der Waals surface area contributed by atoms with Crippen LogP contribution in [-0.4, -0.2) is 21.5 Å². The van der Waals surface area contributed by atoms with E-state index >= 15 is 0 Å². The van der Waals surface area contributed by atoms with Gasteiger partial charge < -0.3 is 5.32 Å². The zero-order valence-corrected chi connectivity index (χ0v) is 14.6. The Morgan fingerprint density at radius 3 is 2.74 bits per heavy atom. The number of nitrogens with one attached hydrogen (secondary N) is 2. The van der Waals surface area contributed by atoms with Crippen molar-refractivity contribution in [2.24, 2.45) is 11.8 Å². The van der Waals surface area contributed by atoms with Crippen LogP contribution in [0.5, 0.6) is 0 Å². The molecule has 0 saturated heterocycles. The quantitative estimate of drug-likeness (QED) is 0.833. The van der Waals surface area contributed by atoms with Crippen molar-refractivity contribution < 1.29 is 4.79 Å². The maximum atomic E-state index is 12.2. The summed E-state index contributed by atoms with van der Waals surface area (Å²) in [6, 6.07) is 0.212. The van der Waals surface area contributed by atoms with Gasteiger partial charge in [0.1, 0.15) is 6.54 Å². The Morgan fingerprint density at radius 2 is 1.96 bits per heavy atom. The molecule has 6 nitrogen and oxygen atoms in total. The van der Waals surface area contributed by atoms with Gasteiger partial charge in [-0.3, -0.25) is 19.1 Å². The predicted octanol–water partition coefficient (Wildman–Crippen LogP) is 1.77. The summed E-state index contributed by atoms with van der Waals surface area (Å²) < 4.78 is 1.46. The van der Waals surface area contributed by atoms with Crippen molar-refractivity contribution >= 4 is 21.8 Å². The van der Waals surface area contributed by atoms with Gasteiger partial charge in [-0.15, -0.1) is 0 Å². The van der Waals surface area contributed by atoms with Gasteiger partial charge in [-0.1, -0.05) is 25.7 Å². The van der Waals surface area contributed by atoms with Gasteiger partial charge in [0.25, 0.3) is 5.56 Å². The van der Waals surface area contributed by atoms with E-state index in [1.54, 1.807) is 0 Å². The van der Waals surface area contributed by atoms with E-state index in [4.69, 9.17) is 0 Å². The summed E-state index contributed by atoms with van der Waals surface area (Å²) in [5.41, 5.74) is -1.05. The molecule has 1 heterocycles. The molecule has 2 N–H and O–H groups in total. The molecule has 1 amide bonds. The lowest BCUT2D eigenvalue weighted by Crippen LogP contribution is -2.44. The lowest BCUT2D eigenvalue weighted by Gasteiger charge is -2.39. The average Bonchev–Trinajstić information content (AvgIpc) is 2.52. The molecule has 126 valence electrons. The van der Waals surface area contributed by atoms with Crippen molar-refractivity contribution in [2.75, 3.05) is 0 Å². The molecule has 0 spiro atoms. The number of amides is 1. The van der Waals surface area contributed by atoms with Crippen LogP contribution in [0.4, 0.5) is 0 Å². The molecule has 0 unspecified atom stereocenters. The van der Waals surface area contributed by atoms with Gasteiger partial charge >= 0.3 is 5.69 Å². The van der Waals surface area contributed by atoms with Crippen molar-refractivity contribution in [1.82, 2.24) is 14.9 Å². The third kappa shape index (κ3) is 3.94. The highest BCUT2D eigenvalue weighted by atomic mass is 79.9. The van der Waals surface area contributed by atoms with E-state index in [1.165, 1.54) is 42.9 Å². The van der Waals surface area contributed by atoms with Crippen molar-refractivity contribution in [3.05, 3.63) is 31.5 Å². The second-order valence-corrected chi connectivity index (χ2v) is 7.60. The first kappa shape index (κ1) is 16.5. The second-order valence-electron chi connectivity index (χ2n) is 6.75. The van der Waals surface area contributed by atoms with Crippen molar-refractivity contribution in [3.63, 3.8) is 0 Å². The maximum absolute atomic E-state index is 12.2. The Hall–Kier alpha value is -1.37. The molecule has 0 radical (unpaired) electrons. The van der Waals surface area contributed by atoms with Gasteiger partial charge in [-0.2, -0.15) is 0 Å². The number of hydrogen-bond acceptors (Lipinski definition) is 3. The number of H-pyrrole nitrogens is 1. The van der Waals surface area contributed by atoms with Crippen LogP contribution in [0.25, 0.3) is 0 Å². The molecule has 0 aromatic carbocycles. The van der Waals surface area contributed by atoms with E-state index in [-0.39, 0.29) is 23.0 Å². The highest BCUT2D eigenvalue weighted by Crippen LogP contribution is 2.40. The van der Waals surface area contributed by atoms with E-state index in [0.29, 0.717) is 0 Å². The van der Waals surface area contributed by atoms with Crippen LogP contribution in [0, 0.1) is 11.8 Å². The van der Waals surface area contributed by atoms with E-state index < -0.39 is 11.2 Å². The highest BCUT2D eigenvalue weighted by Gasteiger charge is 2.32. The lowest BCUT2D eigenvalue weighted by molar-refractivity contribution is -0.122. The average molecular weight is 384 g/mol. The van der Waals surface area contributed by atoms with Gasteiger partial charge in [0.05, 0.1) is 4.47 Å². The summed E-state index contributed by atoms with van der Waals surface area (Å²) in [5.74, 6) is 1.41. The third-order valence-electron chi connectivity index (χ3n) is 5.19. The Labute approximate surface area is 142 Å². The fourth-order valence-electron chi connectivity index (χ4n) is 4.03. The molecular formula is C16H22BrN3O3. The number of aromatic nitrogens is 2. The first-order chi connectivity index (χ1) is 11.0. The second kappa shape index (κ2) is 7.03. The highest BCUT2D eigenvalue weighted by molar-refractivity contribution is 9.10. The monoisotopic (exact) mass is 383 g/mol. The minimum Gasteiger partial charge on any atom is -0.352 e. The Balaban J connectivity index is 1.58. The standard InChI is InChI=1S/C16H22BrN3O3/c17-13-8-20(16(23)19-15(13)22)9-14(21)18-12-6-5-10-3-1-2-4-11(10)7-12/h8,10-12H,1-7,9H2,(H,18,21)(H,19,22,23)/t10-,11-,12+/m0/s1. The fourth-order valence-corrected chi connectivity index (χ4v) is 4.38. The van der Waals surface area contributed by atoms with Gasteiger partial charge in [-0.05, 0) is 47.0 Å². The minimum absolute atomic E-state index is 0.0706. The number of hydrogen-bond donors (Lipinski definition) is 2. The van der Waals surface area contributed by atoms with Gasteiger partial charge in [0, 0.05) is 12.2 Å². The largest absolute Gasteiger partial charge is 0.352 e. The normalized spacial score (nSPS) is 27.3. The van der Waals surface area contributed by atoms with Crippen LogP contribution in [0.1, 0.15) is 44.9 Å². The van der Waals surface area contributed by atoms with Crippen LogP contribution in [0.2, 0.25) is 0 Å². The molecule has 1 aromatic rings. The first-order valence-corrected chi connectivity index (χ1v) is 9.11. The smallest absolute Gasteiger partial charge is 0.328 e. The van der Waals surface area contributed by atoms with E-state index in [1.807, 2.05) is 0 Å². The van der Waals surface area contributed by atoms with Crippen molar-refractivity contribution in [1.29, 1.82) is 0 Å². The molecular weight excluding hydrogens is 362 g/mol. The van der Waals surface area contributed by atoms with Crippen LogP contribution in [0.3, 0.4) is 0 Å². The summed E-state index contributed by atoms with van der Waals surface area (Å²) in [4.78, 5) is 37.4. The maximum Gasteiger partial charge on any atom is 0.328 e. The SMILES string of the molecule is O=C(Cn1cc(Br)c(=O)[nH]c1=O)N[C@@H]1CC[C@@H]2CCCC[C@H]2C1. The third-order valence-corrected chi connectivity index (χ3v) is 5.75. The number of aromatic amines is 1. The molecule has 3 atom stereocenters. The molecule has 2 aliphatic rings. The van der Waals surface area contributed by atoms with Crippen LogP contribution in [-0.2, 0) is 11.3 Å². The summed E-state index contributed by atoms with van der Waals surface area (Å²) in [5, 5.41) is 3.06. The molecule has 3 rings (SSSR count). The van der Waals surface area contributed by atoms with Gasteiger partial charge in [0.2, 0.25) is 5.91 Å². The topological polar surface area (TPSA) is 84.0 Å². The zero-order chi connectivity index (χ0) is 16.4. The molecule has 2 fully saturated rings. The first-order valence-electron chi connectivity index (χ1n) is 8.31. The number of halogens is 1. The lowest BCUT2D eigenvalue weighted by atomic mass is 9.69.